The van der Waals surface area contributed by atoms with Crippen molar-refractivity contribution in [2.75, 3.05) is 18.4 Å². The average Bonchev–Trinajstić information content (AvgIpc) is 2.66. The van der Waals surface area contributed by atoms with Crippen LogP contribution in [0.3, 0.4) is 0 Å². The Hall–Kier alpha value is -2.18. The van der Waals surface area contributed by atoms with E-state index in [-0.39, 0.29) is 11.8 Å². The Labute approximate surface area is 167 Å². The van der Waals surface area contributed by atoms with Gasteiger partial charge in [0.1, 0.15) is 0 Å². The number of hydrogen-bond donors (Lipinski definition) is 1. The number of benzene rings is 2. The number of nitrogens with one attached hydrogen (secondary N) is 1. The highest BCUT2D eigenvalue weighted by atomic mass is 32.2. The summed E-state index contributed by atoms with van der Waals surface area (Å²) < 4.78 is 27.6. The lowest BCUT2D eigenvalue weighted by atomic mass is 9.96. The van der Waals surface area contributed by atoms with Crippen LogP contribution in [0.5, 0.6) is 0 Å². The molecule has 1 heterocycles. The molecule has 1 saturated heterocycles. The largest absolute Gasteiger partial charge is 0.325 e. The number of rotatable bonds is 4. The van der Waals surface area contributed by atoms with E-state index >= 15 is 0 Å². The molecule has 0 unspecified atom stereocenters. The number of hydrogen-bond acceptors (Lipinski definition) is 3. The van der Waals surface area contributed by atoms with Gasteiger partial charge in [-0.25, -0.2) is 8.42 Å². The summed E-state index contributed by atoms with van der Waals surface area (Å²) in [7, 11) is -3.54. The molecule has 0 saturated carbocycles. The molecule has 0 radical (unpaired) electrons. The molecule has 2 aromatic rings. The maximum absolute atomic E-state index is 13.0. The van der Waals surface area contributed by atoms with Gasteiger partial charge >= 0.3 is 0 Å². The molecule has 0 bridgehead atoms. The number of sulfonamides is 1. The normalized spacial score (nSPS) is 16.1. The van der Waals surface area contributed by atoms with Crippen LogP contribution in [0.25, 0.3) is 0 Å². The number of carbonyl (C=O) groups excluding carboxylic acids is 1. The van der Waals surface area contributed by atoms with E-state index in [4.69, 9.17) is 0 Å². The van der Waals surface area contributed by atoms with Crippen molar-refractivity contribution in [1.29, 1.82) is 0 Å². The number of amides is 1. The first-order valence-electron chi connectivity index (χ1n) is 9.64. The maximum Gasteiger partial charge on any atom is 0.243 e. The zero-order chi connectivity index (χ0) is 20.5. The summed E-state index contributed by atoms with van der Waals surface area (Å²) in [6, 6.07) is 11.4. The number of anilines is 1. The van der Waals surface area contributed by atoms with Gasteiger partial charge in [-0.1, -0.05) is 30.3 Å². The number of para-hydroxylation sites is 1. The lowest BCUT2D eigenvalue weighted by Gasteiger charge is -2.31. The molecule has 0 spiro atoms. The van der Waals surface area contributed by atoms with Crippen molar-refractivity contribution in [3.8, 4) is 0 Å². The fourth-order valence-corrected chi connectivity index (χ4v) is 5.50. The van der Waals surface area contributed by atoms with E-state index in [1.165, 1.54) is 4.31 Å². The van der Waals surface area contributed by atoms with Crippen molar-refractivity contribution >= 4 is 21.6 Å². The lowest BCUT2D eigenvalue weighted by molar-refractivity contribution is -0.120. The quantitative estimate of drug-likeness (QED) is 0.845. The molecule has 1 aliphatic heterocycles. The summed E-state index contributed by atoms with van der Waals surface area (Å²) in [5, 5.41) is 3.04. The Bertz CT molecular complexity index is 971. The summed E-state index contributed by atoms with van der Waals surface area (Å²) >= 11 is 0. The first-order chi connectivity index (χ1) is 13.2. The average molecular weight is 401 g/mol. The second kappa shape index (κ2) is 8.05. The van der Waals surface area contributed by atoms with Crippen molar-refractivity contribution in [1.82, 2.24) is 4.31 Å². The van der Waals surface area contributed by atoms with Crippen molar-refractivity contribution < 1.29 is 13.2 Å². The lowest BCUT2D eigenvalue weighted by Crippen LogP contribution is -2.41. The van der Waals surface area contributed by atoms with Crippen molar-refractivity contribution in [3.63, 3.8) is 0 Å². The Morgan fingerprint density at radius 1 is 0.964 bits per heavy atom. The van der Waals surface area contributed by atoms with Gasteiger partial charge in [0, 0.05) is 24.7 Å². The zero-order valence-corrected chi connectivity index (χ0v) is 17.8. The zero-order valence-electron chi connectivity index (χ0n) is 17.0. The SMILES string of the molecule is Cc1ccc(C)c(S(=O)(=O)N2CCC(C(=O)Nc3c(C)cccc3C)CC2)c1. The Kier molecular flexibility index (Phi) is 5.91. The van der Waals surface area contributed by atoms with Gasteiger partial charge in [0.25, 0.3) is 0 Å². The van der Waals surface area contributed by atoms with E-state index in [1.54, 1.807) is 6.07 Å². The summed E-state index contributed by atoms with van der Waals surface area (Å²) in [5.41, 5.74) is 4.59. The summed E-state index contributed by atoms with van der Waals surface area (Å²) in [6.07, 6.45) is 1.06. The van der Waals surface area contributed by atoms with Crippen molar-refractivity contribution in [2.45, 2.75) is 45.4 Å². The maximum atomic E-state index is 13.0. The molecule has 3 rings (SSSR count). The van der Waals surface area contributed by atoms with Gasteiger partial charge in [0.05, 0.1) is 4.90 Å². The van der Waals surface area contributed by atoms with Crippen LogP contribution in [-0.4, -0.2) is 31.7 Å². The number of aryl methyl sites for hydroxylation is 4. The first kappa shape index (κ1) is 20.6. The number of carbonyl (C=O) groups is 1. The number of piperidine rings is 1. The third-order valence-corrected chi connectivity index (χ3v) is 7.56. The van der Waals surface area contributed by atoms with E-state index in [1.807, 2.05) is 58.0 Å². The van der Waals surface area contributed by atoms with Crippen LogP contribution in [0.1, 0.15) is 35.1 Å². The van der Waals surface area contributed by atoms with Crippen LogP contribution in [0, 0.1) is 33.6 Å². The van der Waals surface area contributed by atoms with Crippen LogP contribution in [0.15, 0.2) is 41.3 Å². The van der Waals surface area contributed by atoms with Crippen LogP contribution < -0.4 is 5.32 Å². The molecule has 1 aliphatic rings. The van der Waals surface area contributed by atoms with E-state index in [0.29, 0.717) is 30.8 Å². The van der Waals surface area contributed by atoms with E-state index < -0.39 is 10.0 Å². The summed E-state index contributed by atoms with van der Waals surface area (Å²) in [5.74, 6) is -0.203. The predicted molar refractivity (Wildman–Crippen MR) is 112 cm³/mol. The molecular formula is C22H28N2O3S. The highest BCUT2D eigenvalue weighted by Gasteiger charge is 2.33. The minimum atomic E-state index is -3.54. The van der Waals surface area contributed by atoms with E-state index in [0.717, 1.165) is 27.9 Å². The second-order valence-corrected chi connectivity index (χ2v) is 9.61. The Morgan fingerprint density at radius 2 is 1.57 bits per heavy atom. The molecule has 1 amide bonds. The molecule has 0 aliphatic carbocycles. The highest BCUT2D eigenvalue weighted by molar-refractivity contribution is 7.89. The third-order valence-electron chi connectivity index (χ3n) is 5.52. The minimum absolute atomic E-state index is 0.0267. The van der Waals surface area contributed by atoms with Crippen LogP contribution in [-0.2, 0) is 14.8 Å². The predicted octanol–water partition coefficient (Wildman–Crippen LogP) is 3.96. The van der Waals surface area contributed by atoms with Gasteiger partial charge in [0.2, 0.25) is 15.9 Å². The third kappa shape index (κ3) is 4.13. The monoisotopic (exact) mass is 400 g/mol. The smallest absolute Gasteiger partial charge is 0.243 e. The molecule has 0 atom stereocenters. The van der Waals surface area contributed by atoms with E-state index in [2.05, 4.69) is 5.32 Å². The van der Waals surface area contributed by atoms with Gasteiger partial charge in [-0.05, 0) is 68.9 Å². The fourth-order valence-electron chi connectivity index (χ4n) is 3.72. The van der Waals surface area contributed by atoms with Crippen LogP contribution in [0.2, 0.25) is 0 Å². The van der Waals surface area contributed by atoms with Gasteiger partial charge in [0.15, 0.2) is 0 Å². The number of nitrogens with zero attached hydrogens (tertiary/aromatic N) is 1. The molecule has 28 heavy (non-hydrogen) atoms. The minimum Gasteiger partial charge on any atom is -0.325 e. The molecule has 5 nitrogen and oxygen atoms in total. The Morgan fingerprint density at radius 3 is 2.18 bits per heavy atom. The molecule has 6 heteroatoms. The molecular weight excluding hydrogens is 372 g/mol. The highest BCUT2D eigenvalue weighted by Crippen LogP contribution is 2.28. The van der Waals surface area contributed by atoms with Crippen molar-refractivity contribution in [2.24, 2.45) is 5.92 Å². The summed E-state index contributed by atoms with van der Waals surface area (Å²) in [6.45, 7) is 8.38. The van der Waals surface area contributed by atoms with Crippen LogP contribution in [0.4, 0.5) is 5.69 Å². The summed E-state index contributed by atoms with van der Waals surface area (Å²) in [4.78, 5) is 13.1. The second-order valence-electron chi connectivity index (χ2n) is 7.70. The van der Waals surface area contributed by atoms with Gasteiger partial charge in [-0.3, -0.25) is 4.79 Å². The van der Waals surface area contributed by atoms with E-state index in [9.17, 15) is 13.2 Å². The van der Waals surface area contributed by atoms with Crippen LogP contribution >= 0.6 is 0 Å². The molecule has 1 fully saturated rings. The Balaban J connectivity index is 1.69. The fraction of sp³-hybridized carbons (Fsp3) is 0.409. The molecule has 150 valence electrons. The molecule has 0 aromatic heterocycles. The first-order valence-corrected chi connectivity index (χ1v) is 11.1. The topological polar surface area (TPSA) is 66.5 Å². The van der Waals surface area contributed by atoms with Gasteiger partial charge in [-0.15, -0.1) is 0 Å². The van der Waals surface area contributed by atoms with Crippen molar-refractivity contribution in [3.05, 3.63) is 58.7 Å². The van der Waals surface area contributed by atoms with Gasteiger partial charge < -0.3 is 5.32 Å². The molecule has 2 aromatic carbocycles. The standard InChI is InChI=1S/C22H28N2O3S/c1-15-8-9-16(2)20(14-15)28(26,27)24-12-10-19(11-13-24)22(25)23-21-17(3)6-5-7-18(21)4/h5-9,14,19H,10-13H2,1-4H3,(H,23,25). The molecule has 1 N–H and O–H groups in total. The van der Waals surface area contributed by atoms with Gasteiger partial charge in [-0.2, -0.15) is 4.31 Å².